The normalized spacial score (nSPS) is 20.1. The number of aromatic nitrogens is 2. The predicted octanol–water partition coefficient (Wildman–Crippen LogP) is 3.56. The number of hydrogen-bond acceptors (Lipinski definition) is 4. The highest BCUT2D eigenvalue weighted by Crippen LogP contribution is 2.42. The van der Waals surface area contributed by atoms with Gasteiger partial charge in [-0.25, -0.2) is 0 Å². The van der Waals surface area contributed by atoms with Crippen molar-refractivity contribution in [2.45, 2.75) is 25.4 Å². The van der Waals surface area contributed by atoms with Crippen LogP contribution in [0, 0.1) is 6.92 Å². The second-order valence-electron chi connectivity index (χ2n) is 5.66. The molecular formula is C18H16N2OS. The summed E-state index contributed by atoms with van der Waals surface area (Å²) in [5.74, 6) is 0.0107. The molecule has 0 radical (unpaired) electrons. The summed E-state index contributed by atoms with van der Waals surface area (Å²) in [5, 5.41) is 20.9. The summed E-state index contributed by atoms with van der Waals surface area (Å²) < 4.78 is 0. The van der Waals surface area contributed by atoms with Crippen LogP contribution in [-0.2, 0) is 6.42 Å². The Morgan fingerprint density at radius 3 is 2.50 bits per heavy atom. The molecule has 1 aromatic heterocycles. The van der Waals surface area contributed by atoms with Gasteiger partial charge >= 0.3 is 0 Å². The van der Waals surface area contributed by atoms with Crippen LogP contribution in [0.1, 0.15) is 27.6 Å². The molecule has 1 aliphatic rings. The molecule has 0 fully saturated rings. The summed E-state index contributed by atoms with van der Waals surface area (Å²) in [7, 11) is 0. The molecule has 4 heteroatoms. The number of aliphatic hydroxyl groups excluding tert-OH is 1. The lowest BCUT2D eigenvalue weighted by atomic mass is 9.88. The fourth-order valence-electron chi connectivity index (χ4n) is 3.32. The summed E-state index contributed by atoms with van der Waals surface area (Å²) in [6, 6.07) is 16.5. The van der Waals surface area contributed by atoms with Crippen molar-refractivity contribution in [2.24, 2.45) is 0 Å². The molecule has 0 unspecified atom stereocenters. The molecule has 110 valence electrons. The fraction of sp³-hybridized carbons (Fsp3) is 0.222. The molecular weight excluding hydrogens is 292 g/mol. The lowest BCUT2D eigenvalue weighted by Crippen LogP contribution is -2.15. The van der Waals surface area contributed by atoms with E-state index >= 15 is 0 Å². The van der Waals surface area contributed by atoms with E-state index < -0.39 is 0 Å². The predicted molar refractivity (Wildman–Crippen MR) is 88.1 cm³/mol. The van der Waals surface area contributed by atoms with Crippen molar-refractivity contribution in [3.8, 4) is 10.6 Å². The minimum Gasteiger partial charge on any atom is -0.392 e. The molecule has 0 saturated carbocycles. The van der Waals surface area contributed by atoms with Crippen molar-refractivity contribution in [1.29, 1.82) is 0 Å². The second-order valence-corrected chi connectivity index (χ2v) is 6.84. The second kappa shape index (κ2) is 5.30. The van der Waals surface area contributed by atoms with Gasteiger partial charge < -0.3 is 5.11 Å². The van der Waals surface area contributed by atoms with Gasteiger partial charge in [-0.1, -0.05) is 59.9 Å². The Balaban J connectivity index is 1.87. The Morgan fingerprint density at radius 2 is 1.73 bits per heavy atom. The molecule has 3 nitrogen and oxygen atoms in total. The smallest absolute Gasteiger partial charge is 0.148 e. The van der Waals surface area contributed by atoms with E-state index in [-0.39, 0.29) is 12.0 Å². The minimum absolute atomic E-state index is 0.0107. The Labute approximate surface area is 133 Å². The molecule has 1 heterocycles. The van der Waals surface area contributed by atoms with E-state index in [0.717, 1.165) is 21.1 Å². The maximum atomic E-state index is 10.6. The molecule has 0 spiro atoms. The van der Waals surface area contributed by atoms with Gasteiger partial charge in [0.1, 0.15) is 10.0 Å². The third kappa shape index (κ3) is 2.16. The number of aliphatic hydroxyl groups is 1. The van der Waals surface area contributed by atoms with Crippen molar-refractivity contribution in [1.82, 2.24) is 10.2 Å². The Bertz CT molecular complexity index is 827. The van der Waals surface area contributed by atoms with E-state index in [1.807, 2.05) is 31.2 Å². The van der Waals surface area contributed by atoms with E-state index in [4.69, 9.17) is 0 Å². The van der Waals surface area contributed by atoms with Gasteiger partial charge in [0.15, 0.2) is 0 Å². The van der Waals surface area contributed by atoms with Crippen molar-refractivity contribution in [3.63, 3.8) is 0 Å². The van der Waals surface area contributed by atoms with Crippen LogP contribution in [0.4, 0.5) is 0 Å². The molecule has 22 heavy (non-hydrogen) atoms. The minimum atomic E-state index is -0.382. The van der Waals surface area contributed by atoms with Crippen LogP contribution in [0.25, 0.3) is 10.6 Å². The molecule has 4 rings (SSSR count). The standard InChI is InChI=1S/C18H16N2OS/c1-11-19-20-18(22-11)15-9-5-4-8-14(15)17-13-7-3-2-6-12(13)10-16(17)21/h2-9,16-17,21H,10H2,1H3/t16-,17+/m0/s1. The number of hydrogen-bond donors (Lipinski definition) is 1. The highest BCUT2D eigenvalue weighted by molar-refractivity contribution is 7.14. The zero-order valence-corrected chi connectivity index (χ0v) is 13.0. The Kier molecular flexibility index (Phi) is 3.28. The van der Waals surface area contributed by atoms with Crippen molar-refractivity contribution < 1.29 is 5.11 Å². The van der Waals surface area contributed by atoms with Crippen LogP contribution in [0.3, 0.4) is 0 Å². The van der Waals surface area contributed by atoms with Crippen molar-refractivity contribution in [2.75, 3.05) is 0 Å². The average Bonchev–Trinajstić information content (AvgIpc) is 3.10. The van der Waals surface area contributed by atoms with Gasteiger partial charge in [0.25, 0.3) is 0 Å². The molecule has 0 aliphatic heterocycles. The first-order chi connectivity index (χ1) is 10.7. The maximum absolute atomic E-state index is 10.6. The summed E-state index contributed by atoms with van der Waals surface area (Å²) in [5.41, 5.74) is 4.68. The Morgan fingerprint density at radius 1 is 1.00 bits per heavy atom. The average molecular weight is 308 g/mol. The SMILES string of the molecule is Cc1nnc(-c2ccccc2[C@H]2c3ccccc3C[C@@H]2O)s1. The number of rotatable bonds is 2. The summed E-state index contributed by atoms with van der Waals surface area (Å²) in [4.78, 5) is 0. The van der Waals surface area contributed by atoms with Crippen LogP contribution in [0.5, 0.6) is 0 Å². The topological polar surface area (TPSA) is 46.0 Å². The molecule has 1 aliphatic carbocycles. The van der Waals surface area contributed by atoms with E-state index in [1.54, 1.807) is 11.3 Å². The van der Waals surface area contributed by atoms with Gasteiger partial charge in [-0.15, -0.1) is 10.2 Å². The molecule has 0 saturated heterocycles. The first-order valence-electron chi connectivity index (χ1n) is 7.39. The van der Waals surface area contributed by atoms with Gasteiger partial charge in [0, 0.05) is 11.5 Å². The lowest BCUT2D eigenvalue weighted by molar-refractivity contribution is 0.170. The van der Waals surface area contributed by atoms with Gasteiger partial charge in [-0.2, -0.15) is 0 Å². The van der Waals surface area contributed by atoms with E-state index in [9.17, 15) is 5.11 Å². The molecule has 2 aromatic carbocycles. The highest BCUT2D eigenvalue weighted by Gasteiger charge is 2.33. The Hall–Kier alpha value is -2.04. The van der Waals surface area contributed by atoms with Crippen LogP contribution in [0.2, 0.25) is 0 Å². The highest BCUT2D eigenvalue weighted by atomic mass is 32.1. The number of fused-ring (bicyclic) bond motifs is 1. The van der Waals surface area contributed by atoms with Crippen LogP contribution >= 0.6 is 11.3 Å². The van der Waals surface area contributed by atoms with Gasteiger partial charge in [-0.05, 0) is 30.0 Å². The quantitative estimate of drug-likeness (QED) is 0.787. The number of nitrogens with zero attached hydrogens (tertiary/aromatic N) is 2. The fourth-order valence-corrected chi connectivity index (χ4v) is 4.06. The first kappa shape index (κ1) is 13.6. The van der Waals surface area contributed by atoms with Crippen LogP contribution in [0.15, 0.2) is 48.5 Å². The lowest BCUT2D eigenvalue weighted by Gasteiger charge is -2.19. The van der Waals surface area contributed by atoms with E-state index in [0.29, 0.717) is 6.42 Å². The summed E-state index contributed by atoms with van der Waals surface area (Å²) in [6.45, 7) is 1.96. The molecule has 0 amide bonds. The summed E-state index contributed by atoms with van der Waals surface area (Å²) >= 11 is 1.59. The third-order valence-corrected chi connectivity index (χ3v) is 5.13. The first-order valence-corrected chi connectivity index (χ1v) is 8.21. The zero-order valence-electron chi connectivity index (χ0n) is 12.2. The molecule has 0 bridgehead atoms. The monoisotopic (exact) mass is 308 g/mol. The number of benzene rings is 2. The third-order valence-electron chi connectivity index (χ3n) is 4.26. The largest absolute Gasteiger partial charge is 0.392 e. The van der Waals surface area contributed by atoms with Gasteiger partial charge in [-0.3, -0.25) is 0 Å². The summed E-state index contributed by atoms with van der Waals surface area (Å²) in [6.07, 6.45) is 0.331. The van der Waals surface area contributed by atoms with Crippen molar-refractivity contribution in [3.05, 3.63) is 70.2 Å². The molecule has 1 N–H and O–H groups in total. The zero-order chi connectivity index (χ0) is 15.1. The van der Waals surface area contributed by atoms with Crippen molar-refractivity contribution >= 4 is 11.3 Å². The maximum Gasteiger partial charge on any atom is 0.148 e. The van der Waals surface area contributed by atoms with Gasteiger partial charge in [0.05, 0.1) is 6.10 Å². The van der Waals surface area contributed by atoms with E-state index in [2.05, 4.69) is 34.5 Å². The van der Waals surface area contributed by atoms with E-state index in [1.165, 1.54) is 11.1 Å². The number of aryl methyl sites for hydroxylation is 1. The van der Waals surface area contributed by atoms with Crippen LogP contribution in [-0.4, -0.2) is 21.4 Å². The van der Waals surface area contributed by atoms with Gasteiger partial charge in [0.2, 0.25) is 0 Å². The molecule has 3 aromatic rings. The molecule has 2 atom stereocenters. The van der Waals surface area contributed by atoms with Crippen LogP contribution < -0.4 is 0 Å².